The smallest absolute Gasteiger partial charge is 0.406 e. The predicted molar refractivity (Wildman–Crippen MR) is 79.5 cm³/mol. The van der Waals surface area contributed by atoms with Crippen LogP contribution in [0.4, 0.5) is 15.3 Å². The minimum absolute atomic E-state index is 0.245. The molecule has 1 aromatic rings. The van der Waals surface area contributed by atoms with E-state index in [1.54, 1.807) is 0 Å². The van der Waals surface area contributed by atoms with E-state index in [1.165, 1.54) is 14.1 Å². The number of ether oxygens (including phenoxy) is 2. The van der Waals surface area contributed by atoms with Gasteiger partial charge < -0.3 is 25.0 Å². The Balaban J connectivity index is 2.50. The summed E-state index contributed by atoms with van der Waals surface area (Å²) in [6.07, 6.45) is -0.936. The minimum atomic E-state index is -0.468. The lowest BCUT2D eigenvalue weighted by Crippen LogP contribution is -2.34. The molecule has 1 rings (SSSR count). The average molecular weight is 295 g/mol. The van der Waals surface area contributed by atoms with Crippen molar-refractivity contribution in [2.24, 2.45) is 0 Å². The number of hydrogen-bond acceptors (Lipinski definition) is 5. The second-order valence-corrected chi connectivity index (χ2v) is 4.09. The van der Waals surface area contributed by atoms with Gasteiger partial charge in [0.2, 0.25) is 0 Å². The summed E-state index contributed by atoms with van der Waals surface area (Å²) in [5.41, 5.74) is 0.971. The Morgan fingerprint density at radius 2 is 1.43 bits per heavy atom. The fourth-order valence-corrected chi connectivity index (χ4v) is 1.65. The molecule has 0 saturated carbocycles. The number of nitrogens with zero attached hydrogens (tertiary/aromatic N) is 1. The van der Waals surface area contributed by atoms with Crippen LogP contribution < -0.4 is 15.5 Å². The highest BCUT2D eigenvalue weighted by Crippen LogP contribution is 2.12. The van der Waals surface area contributed by atoms with Crippen LogP contribution in [0.15, 0.2) is 30.3 Å². The van der Waals surface area contributed by atoms with E-state index < -0.39 is 12.2 Å². The number of carbonyl (C=O) groups is 2. The summed E-state index contributed by atoms with van der Waals surface area (Å²) in [6.45, 7) is 1.51. The monoisotopic (exact) mass is 295 g/mol. The Morgan fingerprint density at radius 3 is 1.86 bits per heavy atom. The standard InChI is InChI=1S/C14H21N3O4/c1-15-13(18)20-10-8-17(9-11-21-14(19)16-2)12-6-4-3-5-7-12/h3-7H,8-11H2,1-2H3,(H,15,18)(H,16,19). The van der Waals surface area contributed by atoms with Gasteiger partial charge >= 0.3 is 12.2 Å². The Labute approximate surface area is 124 Å². The van der Waals surface area contributed by atoms with Crippen molar-refractivity contribution in [1.29, 1.82) is 0 Å². The first-order chi connectivity index (χ1) is 10.2. The van der Waals surface area contributed by atoms with Gasteiger partial charge in [-0.3, -0.25) is 0 Å². The summed E-state index contributed by atoms with van der Waals surface area (Å²) in [7, 11) is 3.02. The molecule has 0 fully saturated rings. The van der Waals surface area contributed by atoms with Crippen LogP contribution in [0, 0.1) is 0 Å². The predicted octanol–water partition coefficient (Wildman–Crippen LogP) is 1.20. The van der Waals surface area contributed by atoms with Gasteiger partial charge in [-0.05, 0) is 12.1 Å². The molecule has 0 unspecified atom stereocenters. The van der Waals surface area contributed by atoms with Crippen molar-refractivity contribution in [3.05, 3.63) is 30.3 Å². The maximum Gasteiger partial charge on any atom is 0.406 e. The highest BCUT2D eigenvalue weighted by molar-refractivity contribution is 5.67. The zero-order valence-electron chi connectivity index (χ0n) is 12.3. The van der Waals surface area contributed by atoms with Crippen molar-refractivity contribution in [2.75, 3.05) is 45.3 Å². The first-order valence-corrected chi connectivity index (χ1v) is 6.66. The third-order valence-electron chi connectivity index (χ3n) is 2.72. The van der Waals surface area contributed by atoms with Crippen LogP contribution in [0.3, 0.4) is 0 Å². The molecular weight excluding hydrogens is 274 g/mol. The molecule has 0 aromatic heterocycles. The molecule has 7 heteroatoms. The second kappa shape index (κ2) is 9.46. The molecule has 2 N–H and O–H groups in total. The van der Waals surface area contributed by atoms with Crippen molar-refractivity contribution in [2.45, 2.75) is 0 Å². The summed E-state index contributed by atoms with van der Waals surface area (Å²) in [5.74, 6) is 0. The van der Waals surface area contributed by atoms with Gasteiger partial charge in [0, 0.05) is 19.8 Å². The third kappa shape index (κ3) is 6.51. The zero-order valence-corrected chi connectivity index (χ0v) is 12.3. The number of alkyl carbamates (subject to hydrolysis) is 2. The normalized spacial score (nSPS) is 9.62. The Kier molecular flexibility index (Phi) is 7.49. The fourth-order valence-electron chi connectivity index (χ4n) is 1.65. The van der Waals surface area contributed by atoms with Gasteiger partial charge in [0.15, 0.2) is 0 Å². The van der Waals surface area contributed by atoms with Crippen LogP contribution in [-0.2, 0) is 9.47 Å². The van der Waals surface area contributed by atoms with Crippen LogP contribution in [0.2, 0.25) is 0 Å². The average Bonchev–Trinajstić information content (AvgIpc) is 2.53. The highest BCUT2D eigenvalue weighted by Gasteiger charge is 2.08. The van der Waals surface area contributed by atoms with Crippen molar-refractivity contribution in [3.8, 4) is 0 Å². The van der Waals surface area contributed by atoms with Crippen molar-refractivity contribution < 1.29 is 19.1 Å². The molecule has 0 heterocycles. The van der Waals surface area contributed by atoms with E-state index in [9.17, 15) is 9.59 Å². The van der Waals surface area contributed by atoms with Gasteiger partial charge in [-0.1, -0.05) is 18.2 Å². The molecular formula is C14H21N3O4. The SMILES string of the molecule is CNC(=O)OCCN(CCOC(=O)NC)c1ccccc1. The van der Waals surface area contributed by atoms with Crippen LogP contribution in [0.25, 0.3) is 0 Å². The van der Waals surface area contributed by atoms with E-state index >= 15 is 0 Å². The van der Waals surface area contributed by atoms with Crippen molar-refractivity contribution in [1.82, 2.24) is 10.6 Å². The summed E-state index contributed by atoms with van der Waals surface area (Å²) < 4.78 is 9.96. The lowest BCUT2D eigenvalue weighted by Gasteiger charge is -2.24. The Bertz CT molecular complexity index is 417. The van der Waals surface area contributed by atoms with Crippen LogP contribution in [0.5, 0.6) is 0 Å². The molecule has 7 nitrogen and oxygen atoms in total. The number of amides is 2. The summed E-state index contributed by atoms with van der Waals surface area (Å²) in [4.78, 5) is 24.1. The maximum absolute atomic E-state index is 11.0. The molecule has 0 saturated heterocycles. The van der Waals surface area contributed by atoms with Crippen LogP contribution >= 0.6 is 0 Å². The number of rotatable bonds is 7. The molecule has 21 heavy (non-hydrogen) atoms. The first kappa shape index (κ1) is 16.6. The van der Waals surface area contributed by atoms with Gasteiger partial charge in [-0.15, -0.1) is 0 Å². The largest absolute Gasteiger partial charge is 0.448 e. The van der Waals surface area contributed by atoms with E-state index in [-0.39, 0.29) is 13.2 Å². The Hall–Kier alpha value is -2.44. The molecule has 1 aromatic carbocycles. The number of anilines is 1. The van der Waals surface area contributed by atoms with Gasteiger partial charge in [0.05, 0.1) is 13.1 Å². The Morgan fingerprint density at radius 1 is 0.952 bits per heavy atom. The van der Waals surface area contributed by atoms with E-state index in [2.05, 4.69) is 10.6 Å². The molecule has 2 amide bonds. The van der Waals surface area contributed by atoms with E-state index in [4.69, 9.17) is 9.47 Å². The summed E-state index contributed by atoms with van der Waals surface area (Å²) >= 11 is 0. The van der Waals surface area contributed by atoms with E-state index in [0.29, 0.717) is 13.1 Å². The van der Waals surface area contributed by atoms with Gasteiger partial charge in [0.1, 0.15) is 13.2 Å². The van der Waals surface area contributed by atoms with Crippen molar-refractivity contribution in [3.63, 3.8) is 0 Å². The molecule has 0 aliphatic carbocycles. The van der Waals surface area contributed by atoms with E-state index in [0.717, 1.165) is 5.69 Å². The summed E-state index contributed by atoms with van der Waals surface area (Å²) in [5, 5.41) is 4.77. The molecule has 0 atom stereocenters. The van der Waals surface area contributed by atoms with Crippen molar-refractivity contribution >= 4 is 17.9 Å². The fraction of sp³-hybridized carbons (Fsp3) is 0.429. The lowest BCUT2D eigenvalue weighted by atomic mass is 10.3. The number of nitrogens with one attached hydrogen (secondary N) is 2. The minimum Gasteiger partial charge on any atom is -0.448 e. The molecule has 0 radical (unpaired) electrons. The van der Waals surface area contributed by atoms with E-state index in [1.807, 2.05) is 35.2 Å². The van der Waals surface area contributed by atoms with Crippen LogP contribution in [0.1, 0.15) is 0 Å². The number of hydrogen-bond donors (Lipinski definition) is 2. The number of carbonyl (C=O) groups excluding carboxylic acids is 2. The van der Waals surface area contributed by atoms with Crippen LogP contribution in [-0.4, -0.2) is 52.6 Å². The van der Waals surface area contributed by atoms with Gasteiger partial charge in [-0.2, -0.15) is 0 Å². The maximum atomic E-state index is 11.0. The first-order valence-electron chi connectivity index (χ1n) is 6.66. The molecule has 0 aliphatic rings. The number of para-hydroxylation sites is 1. The molecule has 0 aliphatic heterocycles. The summed E-state index contributed by atoms with van der Waals surface area (Å²) in [6, 6.07) is 9.65. The molecule has 116 valence electrons. The quantitative estimate of drug-likeness (QED) is 0.790. The van der Waals surface area contributed by atoms with Gasteiger partial charge in [-0.25, -0.2) is 9.59 Å². The molecule has 0 bridgehead atoms. The lowest BCUT2D eigenvalue weighted by molar-refractivity contribution is 0.146. The second-order valence-electron chi connectivity index (χ2n) is 4.09. The number of benzene rings is 1. The van der Waals surface area contributed by atoms with Gasteiger partial charge in [0.25, 0.3) is 0 Å². The topological polar surface area (TPSA) is 79.9 Å². The highest BCUT2D eigenvalue weighted by atomic mass is 16.6. The zero-order chi connectivity index (χ0) is 15.5. The third-order valence-corrected chi connectivity index (χ3v) is 2.72. The molecule has 0 spiro atoms.